The van der Waals surface area contributed by atoms with E-state index in [1.165, 1.54) is 0 Å². The van der Waals surface area contributed by atoms with Gasteiger partial charge in [-0.05, 0) is 0 Å². The van der Waals surface area contributed by atoms with Crippen molar-refractivity contribution in [3.05, 3.63) is 71.9 Å². The van der Waals surface area contributed by atoms with Crippen molar-refractivity contribution >= 4 is 11.6 Å². The summed E-state index contributed by atoms with van der Waals surface area (Å²) < 4.78 is 8.04. The third kappa shape index (κ3) is 2.64. The molecule has 0 amide bonds. The van der Waals surface area contributed by atoms with Crippen molar-refractivity contribution in [3.8, 4) is 22.6 Å². The largest absolute Gasteiger partial charge is 0.228 e. The van der Waals surface area contributed by atoms with Crippen molar-refractivity contribution in [2.24, 2.45) is 0 Å². The van der Waals surface area contributed by atoms with Gasteiger partial charge in [0.1, 0.15) is 5.15 Å². The minimum Gasteiger partial charge on any atom is -0.228 e. The van der Waals surface area contributed by atoms with Crippen molar-refractivity contribution in [1.29, 1.82) is 0 Å². The van der Waals surface area contributed by atoms with E-state index in [9.17, 15) is 0 Å². The quantitative estimate of drug-likeness (QED) is 0.641. The second kappa shape index (κ2) is 5.21. The highest BCUT2D eigenvalue weighted by atomic mass is 35.5. The number of halogens is 1. The van der Waals surface area contributed by atoms with Gasteiger partial charge in [-0.3, -0.25) is 0 Å². The molecule has 0 saturated carbocycles. The summed E-state index contributed by atoms with van der Waals surface area (Å²) >= 11 is 6.08. The van der Waals surface area contributed by atoms with Crippen molar-refractivity contribution < 1.29 is 1.37 Å². The molecule has 0 saturated heterocycles. The van der Waals surface area contributed by atoms with Gasteiger partial charge in [-0.2, -0.15) is 0 Å². The van der Waals surface area contributed by atoms with Gasteiger partial charge in [0.25, 0.3) is 0 Å². The van der Waals surface area contributed by atoms with E-state index >= 15 is 0 Å². The first-order chi connectivity index (χ1) is 9.75. The van der Waals surface area contributed by atoms with Crippen molar-refractivity contribution in [2.75, 3.05) is 0 Å². The SMILES string of the molecule is [2H]c1c(Cl)nc(-c2ccccc2)nc1-c1ccccc1. The van der Waals surface area contributed by atoms with Gasteiger partial charge in [0, 0.05) is 17.2 Å². The van der Waals surface area contributed by atoms with E-state index in [0.717, 1.165) is 11.1 Å². The molecule has 0 aliphatic rings. The summed E-state index contributed by atoms with van der Waals surface area (Å²) in [5, 5.41) is 0.165. The van der Waals surface area contributed by atoms with Gasteiger partial charge in [-0.1, -0.05) is 72.3 Å². The van der Waals surface area contributed by atoms with Crippen LogP contribution in [0.5, 0.6) is 0 Å². The normalized spacial score (nSPS) is 11.1. The number of hydrogen-bond acceptors (Lipinski definition) is 2. The maximum Gasteiger partial charge on any atom is 0.161 e. The summed E-state index contributed by atoms with van der Waals surface area (Å²) in [6, 6.07) is 19.3. The van der Waals surface area contributed by atoms with Crippen LogP contribution in [0.1, 0.15) is 1.37 Å². The van der Waals surface area contributed by atoms with Crippen LogP contribution in [-0.4, -0.2) is 9.97 Å². The first kappa shape index (κ1) is 10.7. The van der Waals surface area contributed by atoms with Crippen LogP contribution in [0.2, 0.25) is 5.15 Å². The molecule has 0 spiro atoms. The fourth-order valence-electron chi connectivity index (χ4n) is 1.83. The van der Waals surface area contributed by atoms with E-state index in [2.05, 4.69) is 9.97 Å². The average molecular weight is 268 g/mol. The smallest absolute Gasteiger partial charge is 0.161 e. The lowest BCUT2D eigenvalue weighted by Gasteiger charge is -2.05. The highest BCUT2D eigenvalue weighted by Crippen LogP contribution is 2.23. The zero-order valence-electron chi connectivity index (χ0n) is 11.0. The minimum absolute atomic E-state index is 0.151. The number of benzene rings is 2. The number of nitrogens with zero attached hydrogens (tertiary/aromatic N) is 2. The van der Waals surface area contributed by atoms with Gasteiger partial charge in [0.05, 0.1) is 7.06 Å². The summed E-state index contributed by atoms with van der Waals surface area (Å²) in [7, 11) is 0. The van der Waals surface area contributed by atoms with Gasteiger partial charge in [-0.15, -0.1) is 0 Å². The summed E-state index contributed by atoms with van der Waals surface area (Å²) in [6.45, 7) is 0. The zero-order valence-corrected chi connectivity index (χ0v) is 10.8. The summed E-state index contributed by atoms with van der Waals surface area (Å²) in [5.41, 5.74) is 2.29. The Morgan fingerprint density at radius 3 is 2.00 bits per heavy atom. The first-order valence-electron chi connectivity index (χ1n) is 6.40. The number of hydrogen-bond donors (Lipinski definition) is 0. The molecule has 0 aliphatic heterocycles. The molecule has 0 bridgehead atoms. The summed E-state index contributed by atoms with van der Waals surface area (Å²) in [6.07, 6.45) is 0. The summed E-state index contributed by atoms with van der Waals surface area (Å²) in [5.74, 6) is 0.533. The maximum absolute atomic E-state index is 8.04. The Kier molecular flexibility index (Phi) is 2.93. The van der Waals surface area contributed by atoms with E-state index in [-0.39, 0.29) is 11.2 Å². The van der Waals surface area contributed by atoms with Crippen molar-refractivity contribution in [1.82, 2.24) is 9.97 Å². The third-order valence-corrected chi connectivity index (χ3v) is 2.90. The molecular weight excluding hydrogens is 256 g/mol. The van der Waals surface area contributed by atoms with Crippen molar-refractivity contribution in [2.45, 2.75) is 0 Å². The second-order valence-electron chi connectivity index (χ2n) is 4.04. The molecule has 0 fully saturated rings. The van der Waals surface area contributed by atoms with Gasteiger partial charge in [-0.25, -0.2) is 9.97 Å². The Labute approximate surface area is 118 Å². The fourth-order valence-corrected chi connectivity index (χ4v) is 2.00. The maximum atomic E-state index is 8.04. The van der Waals surface area contributed by atoms with Crippen LogP contribution < -0.4 is 0 Å². The zero-order chi connectivity index (χ0) is 13.9. The standard InChI is InChI=1S/C16H11ClN2/c17-15-11-14(12-7-3-1-4-8-12)18-16(19-15)13-9-5-2-6-10-13/h1-11H/i11D. The highest BCUT2D eigenvalue weighted by Gasteiger charge is 2.06. The predicted molar refractivity (Wildman–Crippen MR) is 77.9 cm³/mol. The Morgan fingerprint density at radius 2 is 1.37 bits per heavy atom. The van der Waals surface area contributed by atoms with Crippen LogP contribution >= 0.6 is 11.6 Å². The topological polar surface area (TPSA) is 25.8 Å². The Bertz CT molecular complexity index is 730. The monoisotopic (exact) mass is 267 g/mol. The molecule has 3 heteroatoms. The average Bonchev–Trinajstić information content (AvgIpc) is 2.51. The lowest BCUT2D eigenvalue weighted by Crippen LogP contribution is -1.92. The Balaban J connectivity index is 2.19. The van der Waals surface area contributed by atoms with E-state index in [0.29, 0.717) is 11.5 Å². The molecule has 19 heavy (non-hydrogen) atoms. The minimum atomic E-state index is 0.151. The van der Waals surface area contributed by atoms with Crippen LogP contribution in [-0.2, 0) is 0 Å². The van der Waals surface area contributed by atoms with Crippen LogP contribution in [0.15, 0.2) is 66.7 Å². The number of aromatic nitrogens is 2. The number of rotatable bonds is 2. The van der Waals surface area contributed by atoms with E-state index < -0.39 is 0 Å². The molecule has 92 valence electrons. The van der Waals surface area contributed by atoms with Crippen LogP contribution in [0.4, 0.5) is 0 Å². The lowest BCUT2D eigenvalue weighted by atomic mass is 10.1. The fraction of sp³-hybridized carbons (Fsp3) is 0. The van der Waals surface area contributed by atoms with Gasteiger partial charge in [0.15, 0.2) is 5.82 Å². The Hall–Kier alpha value is -2.19. The second-order valence-corrected chi connectivity index (χ2v) is 4.40. The molecule has 3 aromatic rings. The van der Waals surface area contributed by atoms with Gasteiger partial charge < -0.3 is 0 Å². The van der Waals surface area contributed by atoms with E-state index in [4.69, 9.17) is 13.0 Å². The molecule has 1 heterocycles. The first-order valence-corrected chi connectivity index (χ1v) is 6.28. The molecule has 2 aromatic carbocycles. The molecule has 1 aromatic heterocycles. The molecular formula is C16H11ClN2. The molecule has 0 aliphatic carbocycles. The summed E-state index contributed by atoms with van der Waals surface area (Å²) in [4.78, 5) is 8.69. The van der Waals surface area contributed by atoms with E-state index in [1.807, 2.05) is 60.7 Å². The molecule has 0 atom stereocenters. The molecule has 0 unspecified atom stereocenters. The van der Waals surface area contributed by atoms with Crippen molar-refractivity contribution in [3.63, 3.8) is 0 Å². The third-order valence-electron chi connectivity index (χ3n) is 2.72. The predicted octanol–water partition coefficient (Wildman–Crippen LogP) is 4.46. The molecule has 2 nitrogen and oxygen atoms in total. The van der Waals surface area contributed by atoms with Crippen LogP contribution in [0, 0.1) is 0 Å². The van der Waals surface area contributed by atoms with Gasteiger partial charge >= 0.3 is 0 Å². The molecule has 0 radical (unpaired) electrons. The van der Waals surface area contributed by atoms with Crippen LogP contribution in [0.25, 0.3) is 22.6 Å². The highest BCUT2D eigenvalue weighted by molar-refractivity contribution is 6.29. The van der Waals surface area contributed by atoms with Gasteiger partial charge in [0.2, 0.25) is 0 Å². The Morgan fingerprint density at radius 1 is 0.789 bits per heavy atom. The van der Waals surface area contributed by atoms with E-state index in [1.54, 1.807) is 0 Å². The molecule has 0 N–H and O–H groups in total. The van der Waals surface area contributed by atoms with Crippen LogP contribution in [0.3, 0.4) is 0 Å². The molecule has 3 rings (SSSR count). The lowest BCUT2D eigenvalue weighted by molar-refractivity contribution is 1.18.